The monoisotopic (exact) mass is 358 g/mol. The summed E-state index contributed by atoms with van der Waals surface area (Å²) in [5, 5.41) is 0. The summed E-state index contributed by atoms with van der Waals surface area (Å²) in [5.41, 5.74) is 7.46. The summed E-state index contributed by atoms with van der Waals surface area (Å²) < 4.78 is 11.0. The summed E-state index contributed by atoms with van der Waals surface area (Å²) in [5.74, 6) is -0.374. The quantitative estimate of drug-likeness (QED) is 0.651. The van der Waals surface area contributed by atoms with E-state index in [9.17, 15) is 4.79 Å². The molecule has 2 N–H and O–H groups in total. The minimum absolute atomic E-state index is 0.314. The Morgan fingerprint density at radius 1 is 1.60 bits per heavy atom. The van der Waals surface area contributed by atoms with Gasteiger partial charge in [-0.15, -0.1) is 0 Å². The highest BCUT2D eigenvalue weighted by molar-refractivity contribution is 9.10. The van der Waals surface area contributed by atoms with Crippen molar-refractivity contribution < 1.29 is 14.3 Å². The van der Waals surface area contributed by atoms with E-state index in [1.807, 2.05) is 23.1 Å². The molecule has 1 unspecified atom stereocenters. The van der Waals surface area contributed by atoms with Crippen LogP contribution >= 0.6 is 28.1 Å². The van der Waals surface area contributed by atoms with Crippen LogP contribution in [-0.4, -0.2) is 43.9 Å². The second-order valence-electron chi connectivity index (χ2n) is 4.33. The van der Waals surface area contributed by atoms with Crippen molar-refractivity contribution in [1.82, 2.24) is 0 Å². The topological polar surface area (TPSA) is 64.8 Å². The Balaban J connectivity index is 2.30. The number of nitrogens with two attached hydrogens (primary N) is 1. The first-order valence-corrected chi connectivity index (χ1v) is 7.27. The minimum atomic E-state index is -0.591. The number of esters is 1. The SMILES string of the molecule is COC(=O)C1CN(c2cccc(Br)c2C(N)=S)CCO1. The Labute approximate surface area is 131 Å². The first kappa shape index (κ1) is 15.2. The van der Waals surface area contributed by atoms with Crippen LogP contribution in [0.4, 0.5) is 5.69 Å². The van der Waals surface area contributed by atoms with Crippen molar-refractivity contribution >= 4 is 44.8 Å². The van der Waals surface area contributed by atoms with Gasteiger partial charge in [-0.05, 0) is 28.1 Å². The van der Waals surface area contributed by atoms with Crippen LogP contribution in [0, 0.1) is 0 Å². The van der Waals surface area contributed by atoms with E-state index in [1.165, 1.54) is 7.11 Å². The van der Waals surface area contributed by atoms with Crippen LogP contribution < -0.4 is 10.6 Å². The summed E-state index contributed by atoms with van der Waals surface area (Å²) in [6, 6.07) is 5.72. The smallest absolute Gasteiger partial charge is 0.336 e. The molecule has 0 amide bonds. The van der Waals surface area contributed by atoms with Crippen LogP contribution in [0.2, 0.25) is 0 Å². The summed E-state index contributed by atoms with van der Waals surface area (Å²) in [6.45, 7) is 1.53. The molecule has 2 rings (SSSR count). The van der Waals surface area contributed by atoms with Crippen LogP contribution in [0.1, 0.15) is 5.56 Å². The number of hydrogen-bond donors (Lipinski definition) is 1. The van der Waals surface area contributed by atoms with Crippen LogP contribution in [0.25, 0.3) is 0 Å². The number of halogens is 1. The fraction of sp³-hybridized carbons (Fsp3) is 0.385. The van der Waals surface area contributed by atoms with Crippen LogP contribution in [0.3, 0.4) is 0 Å². The van der Waals surface area contributed by atoms with Gasteiger partial charge in [0.15, 0.2) is 6.10 Å². The summed E-state index contributed by atoms with van der Waals surface area (Å²) >= 11 is 8.56. The maximum atomic E-state index is 11.6. The molecule has 1 saturated heterocycles. The lowest BCUT2D eigenvalue weighted by atomic mass is 10.1. The van der Waals surface area contributed by atoms with Crippen molar-refractivity contribution in [3.63, 3.8) is 0 Å². The van der Waals surface area contributed by atoms with Crippen molar-refractivity contribution in [2.45, 2.75) is 6.10 Å². The van der Waals surface area contributed by atoms with E-state index in [0.29, 0.717) is 24.7 Å². The molecule has 0 saturated carbocycles. The summed E-state index contributed by atoms with van der Waals surface area (Å²) in [7, 11) is 1.35. The fourth-order valence-corrected chi connectivity index (χ4v) is 3.08. The number of anilines is 1. The number of nitrogens with zero attached hydrogens (tertiary/aromatic N) is 1. The van der Waals surface area contributed by atoms with Gasteiger partial charge in [0.25, 0.3) is 0 Å². The van der Waals surface area contributed by atoms with Crippen molar-refractivity contribution in [2.24, 2.45) is 5.73 Å². The normalized spacial score (nSPS) is 18.7. The fourth-order valence-electron chi connectivity index (χ4n) is 2.16. The largest absolute Gasteiger partial charge is 0.467 e. The van der Waals surface area contributed by atoms with Gasteiger partial charge in [0, 0.05) is 22.3 Å². The minimum Gasteiger partial charge on any atom is -0.467 e. The maximum absolute atomic E-state index is 11.6. The van der Waals surface area contributed by atoms with E-state index in [2.05, 4.69) is 15.9 Å². The molecule has 0 aliphatic carbocycles. The first-order valence-electron chi connectivity index (χ1n) is 6.07. The van der Waals surface area contributed by atoms with Crippen molar-refractivity contribution in [3.8, 4) is 0 Å². The molecule has 108 valence electrons. The number of ether oxygens (including phenoxy) is 2. The number of carbonyl (C=O) groups excluding carboxylic acids is 1. The third-order valence-corrected chi connectivity index (χ3v) is 3.97. The number of methoxy groups -OCH3 is 1. The zero-order chi connectivity index (χ0) is 14.7. The van der Waals surface area contributed by atoms with E-state index in [1.54, 1.807) is 0 Å². The molecular formula is C13H15BrN2O3S. The van der Waals surface area contributed by atoms with E-state index < -0.39 is 6.10 Å². The van der Waals surface area contributed by atoms with E-state index in [4.69, 9.17) is 27.4 Å². The molecule has 1 aromatic carbocycles. The van der Waals surface area contributed by atoms with Crippen molar-refractivity contribution in [2.75, 3.05) is 31.7 Å². The molecule has 0 radical (unpaired) electrons. The van der Waals surface area contributed by atoms with Gasteiger partial charge in [0.1, 0.15) is 4.99 Å². The van der Waals surface area contributed by atoms with Gasteiger partial charge in [-0.3, -0.25) is 0 Å². The second kappa shape index (κ2) is 6.51. The molecule has 1 fully saturated rings. The molecule has 1 aliphatic heterocycles. The Kier molecular flexibility index (Phi) is 4.95. The molecule has 1 aromatic rings. The Hall–Kier alpha value is -1.18. The van der Waals surface area contributed by atoms with Crippen molar-refractivity contribution in [3.05, 3.63) is 28.2 Å². The lowest BCUT2D eigenvalue weighted by molar-refractivity contribution is -0.154. The molecule has 20 heavy (non-hydrogen) atoms. The number of carbonyl (C=O) groups is 1. The zero-order valence-electron chi connectivity index (χ0n) is 11.0. The average molecular weight is 359 g/mol. The number of thiocarbonyl (C=S) groups is 1. The molecule has 7 heteroatoms. The first-order chi connectivity index (χ1) is 9.54. The molecule has 1 aliphatic rings. The van der Waals surface area contributed by atoms with Gasteiger partial charge in [-0.25, -0.2) is 4.79 Å². The highest BCUT2D eigenvalue weighted by Gasteiger charge is 2.29. The van der Waals surface area contributed by atoms with Crippen molar-refractivity contribution in [1.29, 1.82) is 0 Å². The lowest BCUT2D eigenvalue weighted by Gasteiger charge is -2.34. The molecule has 5 nitrogen and oxygen atoms in total. The highest BCUT2D eigenvalue weighted by Crippen LogP contribution is 2.29. The highest BCUT2D eigenvalue weighted by atomic mass is 79.9. The Morgan fingerprint density at radius 2 is 2.35 bits per heavy atom. The van der Waals surface area contributed by atoms with Gasteiger partial charge >= 0.3 is 5.97 Å². The van der Waals surface area contributed by atoms with Gasteiger partial charge < -0.3 is 20.1 Å². The average Bonchev–Trinajstić information content (AvgIpc) is 2.45. The standard InChI is InChI=1S/C13H15BrN2O3S/c1-18-13(17)10-7-16(5-6-19-10)9-4-2-3-8(14)11(9)12(15)20/h2-4,10H,5-7H2,1H3,(H2,15,20). The zero-order valence-corrected chi connectivity index (χ0v) is 13.4. The third kappa shape index (κ3) is 3.11. The van der Waals surface area contributed by atoms with Crippen LogP contribution in [0.5, 0.6) is 0 Å². The molecule has 0 bridgehead atoms. The van der Waals surface area contributed by atoms with Gasteiger partial charge in [-0.2, -0.15) is 0 Å². The van der Waals surface area contributed by atoms with Gasteiger partial charge in [0.2, 0.25) is 0 Å². The summed E-state index contributed by atoms with van der Waals surface area (Å²) in [4.78, 5) is 13.9. The Bertz CT molecular complexity index is 538. The number of hydrogen-bond acceptors (Lipinski definition) is 5. The van der Waals surface area contributed by atoms with Gasteiger partial charge in [0.05, 0.1) is 20.3 Å². The van der Waals surface area contributed by atoms with Gasteiger partial charge in [-0.1, -0.05) is 18.3 Å². The number of benzene rings is 1. The number of rotatable bonds is 3. The molecule has 1 heterocycles. The maximum Gasteiger partial charge on any atom is 0.336 e. The van der Waals surface area contributed by atoms with E-state index in [-0.39, 0.29) is 5.97 Å². The third-order valence-electron chi connectivity index (χ3n) is 3.11. The van der Waals surface area contributed by atoms with Crippen LogP contribution in [0.15, 0.2) is 22.7 Å². The van der Waals surface area contributed by atoms with E-state index >= 15 is 0 Å². The summed E-state index contributed by atoms with van der Waals surface area (Å²) in [6.07, 6.45) is -0.591. The number of morpholine rings is 1. The second-order valence-corrected chi connectivity index (χ2v) is 5.62. The molecular weight excluding hydrogens is 344 g/mol. The predicted molar refractivity (Wildman–Crippen MR) is 84.0 cm³/mol. The van der Waals surface area contributed by atoms with E-state index in [0.717, 1.165) is 15.7 Å². The Morgan fingerprint density at radius 3 is 3.00 bits per heavy atom. The molecule has 0 aromatic heterocycles. The van der Waals surface area contributed by atoms with Crippen LogP contribution in [-0.2, 0) is 14.3 Å². The predicted octanol–water partition coefficient (Wildman–Crippen LogP) is 1.46. The molecule has 0 spiro atoms. The molecule has 1 atom stereocenters. The lowest BCUT2D eigenvalue weighted by Crippen LogP contribution is -2.47.